The van der Waals surface area contributed by atoms with E-state index in [1.165, 1.54) is 0 Å². The average Bonchev–Trinajstić information content (AvgIpc) is 3.47. The van der Waals surface area contributed by atoms with Gasteiger partial charge in [-0.3, -0.25) is 9.59 Å². The smallest absolute Gasteiger partial charge is 0.323 e. The number of sulfonamides is 1. The van der Waals surface area contributed by atoms with Crippen LogP contribution in [-0.2, 0) is 24.4 Å². The summed E-state index contributed by atoms with van der Waals surface area (Å²) in [6.07, 6.45) is 5.88. The molecule has 0 fully saturated rings. The number of aromatic amines is 1. The van der Waals surface area contributed by atoms with Crippen molar-refractivity contribution in [2.24, 2.45) is 5.16 Å². The van der Waals surface area contributed by atoms with E-state index in [9.17, 15) is 23.1 Å². The molecule has 0 aliphatic carbocycles. The molecular weight excluding hydrogens is 488 g/mol. The highest BCUT2D eigenvalue weighted by Gasteiger charge is 2.30. The van der Waals surface area contributed by atoms with Gasteiger partial charge in [-0.25, -0.2) is 13.4 Å². The van der Waals surface area contributed by atoms with Crippen LogP contribution in [0.4, 0.5) is 5.95 Å². The number of nitrogens with one attached hydrogen (secondary N) is 4. The molecule has 0 unspecified atom stereocenters. The van der Waals surface area contributed by atoms with Crippen molar-refractivity contribution in [2.45, 2.75) is 63.5 Å². The lowest BCUT2D eigenvalue weighted by Gasteiger charge is -2.18. The van der Waals surface area contributed by atoms with Crippen molar-refractivity contribution in [2.75, 3.05) is 18.4 Å². The third kappa shape index (κ3) is 7.28. The van der Waals surface area contributed by atoms with Gasteiger partial charge in [0.05, 0.1) is 4.90 Å². The van der Waals surface area contributed by atoms with Crippen molar-refractivity contribution < 1.29 is 28.0 Å². The van der Waals surface area contributed by atoms with E-state index in [0.717, 1.165) is 24.9 Å². The van der Waals surface area contributed by atoms with Gasteiger partial charge < -0.3 is 25.6 Å². The number of oxime groups is 1. The van der Waals surface area contributed by atoms with E-state index in [-0.39, 0.29) is 16.7 Å². The Labute approximate surface area is 210 Å². The van der Waals surface area contributed by atoms with Gasteiger partial charge in [0, 0.05) is 31.9 Å². The number of amides is 1. The molecule has 12 nitrogen and oxygen atoms in total. The second-order valence-electron chi connectivity index (χ2n) is 8.78. The van der Waals surface area contributed by atoms with Gasteiger partial charge in [-0.1, -0.05) is 22.9 Å². The van der Waals surface area contributed by atoms with Crippen molar-refractivity contribution in [3.8, 4) is 0 Å². The number of carbonyl (C=O) groups is 2. The summed E-state index contributed by atoms with van der Waals surface area (Å²) in [7, 11) is -4.14. The van der Waals surface area contributed by atoms with Crippen molar-refractivity contribution in [1.29, 1.82) is 0 Å². The molecule has 2 atom stereocenters. The normalized spacial score (nSPS) is 16.2. The molecule has 1 aliphatic heterocycles. The number of H-pyrrole nitrogens is 1. The first-order valence-corrected chi connectivity index (χ1v) is 13.1. The Morgan fingerprint density at radius 1 is 1.22 bits per heavy atom. The predicted octanol–water partition coefficient (Wildman–Crippen LogP) is 1.61. The topological polar surface area (TPSA) is 175 Å². The number of aliphatic carboxylic acids is 1. The molecule has 0 saturated heterocycles. The average molecular weight is 521 g/mol. The van der Waals surface area contributed by atoms with E-state index in [4.69, 9.17) is 4.84 Å². The lowest BCUT2D eigenvalue weighted by Crippen LogP contribution is -2.49. The van der Waals surface area contributed by atoms with Crippen molar-refractivity contribution in [1.82, 2.24) is 20.0 Å². The molecule has 0 bridgehead atoms. The number of imidazole rings is 1. The second-order valence-corrected chi connectivity index (χ2v) is 10.4. The van der Waals surface area contributed by atoms with E-state index in [0.29, 0.717) is 29.9 Å². The van der Waals surface area contributed by atoms with Crippen LogP contribution in [0.3, 0.4) is 0 Å². The maximum Gasteiger partial charge on any atom is 0.323 e. The summed E-state index contributed by atoms with van der Waals surface area (Å²) < 4.78 is 28.0. The minimum absolute atomic E-state index is 0.0291. The van der Waals surface area contributed by atoms with Crippen LogP contribution in [0.2, 0.25) is 0 Å². The van der Waals surface area contributed by atoms with Crippen molar-refractivity contribution in [3.63, 3.8) is 0 Å². The summed E-state index contributed by atoms with van der Waals surface area (Å²) in [5, 5.41) is 19.0. The third-order valence-electron chi connectivity index (χ3n) is 5.67. The Bertz CT molecular complexity index is 1190. The zero-order valence-corrected chi connectivity index (χ0v) is 21.3. The Kier molecular flexibility index (Phi) is 9.04. The number of unbranched alkanes of at least 4 members (excludes halogenated alkanes) is 1. The van der Waals surface area contributed by atoms with Crippen LogP contribution >= 0.6 is 0 Å². The van der Waals surface area contributed by atoms with Crippen LogP contribution in [0.15, 0.2) is 34.6 Å². The van der Waals surface area contributed by atoms with Crippen LogP contribution in [0, 0.1) is 20.8 Å². The lowest BCUT2D eigenvalue weighted by atomic mass is 10.1. The van der Waals surface area contributed by atoms with E-state index >= 15 is 0 Å². The summed E-state index contributed by atoms with van der Waals surface area (Å²) in [5.74, 6) is -1.29. The van der Waals surface area contributed by atoms with Gasteiger partial charge in [0.1, 0.15) is 17.9 Å². The molecule has 3 rings (SSSR count). The number of rotatable bonds is 13. The number of aromatic nitrogens is 2. The molecule has 196 valence electrons. The first-order valence-electron chi connectivity index (χ1n) is 11.6. The van der Waals surface area contributed by atoms with Gasteiger partial charge in [-0.15, -0.1) is 0 Å². The minimum Gasteiger partial charge on any atom is -0.480 e. The number of nitrogens with zero attached hydrogens (tertiary/aromatic N) is 2. The van der Waals surface area contributed by atoms with Crippen LogP contribution in [0.1, 0.15) is 42.4 Å². The number of hydrogen-bond donors (Lipinski definition) is 5. The highest BCUT2D eigenvalue weighted by atomic mass is 32.2. The zero-order valence-electron chi connectivity index (χ0n) is 20.5. The molecule has 2 heterocycles. The molecule has 5 N–H and O–H groups in total. The first-order chi connectivity index (χ1) is 17.1. The maximum absolute atomic E-state index is 12.9. The standard InChI is InChI=1S/C23H32N6O6S/c1-14-10-15(2)20(16(3)11-14)36(33,34)29-19(22(31)32)13-27-21(30)18-12-17(35-28-18)6-4-5-7-24-23-25-8-9-26-23/h8-11,17,19,29H,4-7,12-13H2,1-3H3,(H,27,30)(H,31,32)(H2,24,25,26)/t17-,19+/m1/s1. The van der Waals surface area contributed by atoms with Gasteiger partial charge in [-0.2, -0.15) is 4.72 Å². The molecule has 1 aliphatic rings. The molecule has 0 spiro atoms. The fraction of sp³-hybridized carbons (Fsp3) is 0.478. The monoisotopic (exact) mass is 520 g/mol. The summed E-state index contributed by atoms with van der Waals surface area (Å²) >= 11 is 0. The van der Waals surface area contributed by atoms with E-state index < -0.39 is 34.5 Å². The maximum atomic E-state index is 12.9. The minimum atomic E-state index is -4.14. The van der Waals surface area contributed by atoms with Crippen LogP contribution < -0.4 is 15.4 Å². The highest BCUT2D eigenvalue weighted by molar-refractivity contribution is 7.89. The zero-order chi connectivity index (χ0) is 26.3. The van der Waals surface area contributed by atoms with Gasteiger partial charge >= 0.3 is 5.97 Å². The SMILES string of the molecule is Cc1cc(C)c(S(=O)(=O)N[C@@H](CNC(=O)C2=NO[C@H](CCCCNc3ncc[nH]3)C2)C(=O)O)c(C)c1. The summed E-state index contributed by atoms with van der Waals surface area (Å²) in [5.41, 5.74) is 2.06. The summed E-state index contributed by atoms with van der Waals surface area (Å²) in [4.78, 5) is 36.6. The van der Waals surface area contributed by atoms with Crippen molar-refractivity contribution >= 4 is 33.6 Å². The number of aryl methyl sites for hydroxylation is 3. The number of hydrogen-bond acceptors (Lipinski definition) is 8. The Hall–Kier alpha value is -3.45. The summed E-state index contributed by atoms with van der Waals surface area (Å²) in [6.45, 7) is 5.44. The quantitative estimate of drug-likeness (QED) is 0.248. The second kappa shape index (κ2) is 12.0. The fourth-order valence-electron chi connectivity index (χ4n) is 4.10. The molecule has 1 aromatic heterocycles. The molecule has 0 saturated carbocycles. The number of benzene rings is 1. The first kappa shape index (κ1) is 27.1. The van der Waals surface area contributed by atoms with E-state index in [2.05, 4.69) is 30.5 Å². The Morgan fingerprint density at radius 2 is 1.94 bits per heavy atom. The molecular formula is C23H32N6O6S. The van der Waals surface area contributed by atoms with Gasteiger partial charge in [-0.05, 0) is 51.2 Å². The van der Waals surface area contributed by atoms with Gasteiger partial charge in [0.2, 0.25) is 10.0 Å². The van der Waals surface area contributed by atoms with E-state index in [1.807, 2.05) is 6.92 Å². The van der Waals surface area contributed by atoms with E-state index in [1.54, 1.807) is 38.4 Å². The summed E-state index contributed by atoms with van der Waals surface area (Å²) in [6, 6.07) is 1.87. The van der Waals surface area contributed by atoms with Crippen LogP contribution in [0.5, 0.6) is 0 Å². The Balaban J connectivity index is 1.46. The largest absolute Gasteiger partial charge is 0.480 e. The lowest BCUT2D eigenvalue weighted by molar-refractivity contribution is -0.138. The molecule has 2 aromatic rings. The molecule has 1 aromatic carbocycles. The van der Waals surface area contributed by atoms with Crippen LogP contribution in [0.25, 0.3) is 0 Å². The van der Waals surface area contributed by atoms with Gasteiger partial charge in [0.25, 0.3) is 5.91 Å². The third-order valence-corrected chi connectivity index (χ3v) is 7.45. The van der Waals surface area contributed by atoms with Gasteiger partial charge in [0.15, 0.2) is 5.95 Å². The number of anilines is 1. The number of carboxylic acids is 1. The highest BCUT2D eigenvalue weighted by Crippen LogP contribution is 2.22. The van der Waals surface area contributed by atoms with Crippen LogP contribution in [-0.4, -0.2) is 66.3 Å². The van der Waals surface area contributed by atoms with Crippen molar-refractivity contribution in [3.05, 3.63) is 41.2 Å². The number of carbonyl (C=O) groups excluding carboxylic acids is 1. The molecule has 36 heavy (non-hydrogen) atoms. The molecule has 13 heteroatoms. The predicted molar refractivity (Wildman–Crippen MR) is 133 cm³/mol. The fourth-order valence-corrected chi connectivity index (χ4v) is 5.74. The molecule has 1 amide bonds. The Morgan fingerprint density at radius 3 is 2.58 bits per heavy atom. The molecule has 0 radical (unpaired) electrons. The number of carboxylic acid groups (broad SMARTS) is 1.